The summed E-state index contributed by atoms with van der Waals surface area (Å²) in [5.41, 5.74) is 6.25. The number of fused-ring (bicyclic) bond motifs is 1. The molecule has 3 N–H and O–H groups in total. The number of anilines is 1. The van der Waals surface area contributed by atoms with Gasteiger partial charge in [0.05, 0.1) is 35.9 Å². The van der Waals surface area contributed by atoms with Crippen molar-refractivity contribution in [3.8, 4) is 5.88 Å². The van der Waals surface area contributed by atoms with Gasteiger partial charge in [-0.2, -0.15) is 0 Å². The van der Waals surface area contributed by atoms with E-state index in [0.29, 0.717) is 41.4 Å². The molecule has 3 aliphatic rings. The summed E-state index contributed by atoms with van der Waals surface area (Å²) in [6, 6.07) is 4.47. The molecule has 1 aromatic heterocycles. The summed E-state index contributed by atoms with van der Waals surface area (Å²) in [6.45, 7) is 3.03. The van der Waals surface area contributed by atoms with Crippen molar-refractivity contribution in [3.05, 3.63) is 47.7 Å². The van der Waals surface area contributed by atoms with Crippen LogP contribution in [0.1, 0.15) is 42.2 Å². The molecule has 2 aromatic rings. The summed E-state index contributed by atoms with van der Waals surface area (Å²) >= 11 is 1.50. The van der Waals surface area contributed by atoms with Gasteiger partial charge in [0, 0.05) is 24.3 Å². The van der Waals surface area contributed by atoms with Crippen LogP contribution in [0, 0.1) is 17.7 Å². The Labute approximate surface area is 195 Å². The van der Waals surface area contributed by atoms with Crippen LogP contribution in [0.4, 0.5) is 10.1 Å². The maximum atomic E-state index is 15.0. The van der Waals surface area contributed by atoms with E-state index >= 15 is 0 Å². The van der Waals surface area contributed by atoms with Crippen LogP contribution in [0.25, 0.3) is 0 Å². The Morgan fingerprint density at radius 1 is 1.33 bits per heavy atom. The number of nitrogens with zero attached hydrogens (tertiary/aromatic N) is 3. The Morgan fingerprint density at radius 2 is 2.15 bits per heavy atom. The summed E-state index contributed by atoms with van der Waals surface area (Å²) in [5, 5.41) is 3.19. The van der Waals surface area contributed by atoms with Gasteiger partial charge in [0.15, 0.2) is 5.17 Å². The number of ether oxygens (including phenoxy) is 2. The van der Waals surface area contributed by atoms with Crippen LogP contribution in [0.2, 0.25) is 0 Å². The summed E-state index contributed by atoms with van der Waals surface area (Å²) in [5.74, 6) is 0.235. The van der Waals surface area contributed by atoms with Crippen molar-refractivity contribution in [2.75, 3.05) is 25.6 Å². The van der Waals surface area contributed by atoms with Gasteiger partial charge in [-0.05, 0) is 50.3 Å². The number of carbonyl (C=O) groups excluding carboxylic acids is 1. The van der Waals surface area contributed by atoms with Gasteiger partial charge >= 0.3 is 0 Å². The van der Waals surface area contributed by atoms with Crippen LogP contribution >= 0.6 is 11.8 Å². The highest BCUT2D eigenvalue weighted by atomic mass is 32.2. The van der Waals surface area contributed by atoms with E-state index in [-0.39, 0.29) is 16.4 Å². The highest BCUT2D eigenvalue weighted by molar-refractivity contribution is 8.15. The highest BCUT2D eigenvalue weighted by Gasteiger charge is 2.66. The molecule has 0 bridgehead atoms. The molecule has 1 aromatic carbocycles. The van der Waals surface area contributed by atoms with Crippen LogP contribution in [0.5, 0.6) is 5.88 Å². The predicted octanol–water partition coefficient (Wildman–Crippen LogP) is 3.34. The number of amidine groups is 1. The van der Waals surface area contributed by atoms with E-state index in [1.54, 1.807) is 13.2 Å². The molecule has 8 nitrogen and oxygen atoms in total. The van der Waals surface area contributed by atoms with E-state index in [1.165, 1.54) is 49.1 Å². The van der Waals surface area contributed by atoms with Gasteiger partial charge in [0.25, 0.3) is 5.91 Å². The average molecular weight is 472 g/mol. The molecule has 0 radical (unpaired) electrons. The lowest BCUT2D eigenvalue weighted by atomic mass is 9.85. The summed E-state index contributed by atoms with van der Waals surface area (Å²) < 4.78 is 25.7. The molecular formula is C23H26FN5O3S. The zero-order chi connectivity index (χ0) is 23.2. The maximum Gasteiger partial charge on any atom is 0.275 e. The van der Waals surface area contributed by atoms with Gasteiger partial charge in [-0.15, -0.1) is 0 Å². The Hall–Kier alpha value is -2.72. The molecule has 2 aliphatic carbocycles. The molecule has 5 rings (SSSR count). The first-order valence-electron chi connectivity index (χ1n) is 10.9. The number of carbonyl (C=O) groups is 1. The lowest BCUT2D eigenvalue weighted by Gasteiger charge is -2.34. The maximum absolute atomic E-state index is 15.0. The number of aliphatic imine (C=N–C) groups is 1. The minimum atomic E-state index is -0.848. The van der Waals surface area contributed by atoms with Crippen molar-refractivity contribution in [1.82, 2.24) is 9.97 Å². The molecule has 0 unspecified atom stereocenters. The SMILES string of the molecule is COC[C@]12C[C@H]1[C@@](C)(c1cc(NC(=O)c3cnc(OCC4CC4)cn3)ccc1F)N=C(N)S2. The topological polar surface area (TPSA) is 112 Å². The summed E-state index contributed by atoms with van der Waals surface area (Å²) in [6.07, 6.45) is 5.99. The predicted molar refractivity (Wildman–Crippen MR) is 124 cm³/mol. The van der Waals surface area contributed by atoms with E-state index in [0.717, 1.165) is 6.42 Å². The van der Waals surface area contributed by atoms with Gasteiger partial charge in [0.1, 0.15) is 11.5 Å². The van der Waals surface area contributed by atoms with Crippen molar-refractivity contribution < 1.29 is 18.7 Å². The number of halogens is 1. The fourth-order valence-corrected chi connectivity index (χ4v) is 5.96. The van der Waals surface area contributed by atoms with Gasteiger partial charge in [-0.25, -0.2) is 14.4 Å². The second-order valence-corrected chi connectivity index (χ2v) is 10.5. The molecule has 2 fully saturated rings. The van der Waals surface area contributed by atoms with Gasteiger partial charge in [-0.1, -0.05) is 11.8 Å². The van der Waals surface area contributed by atoms with Crippen molar-refractivity contribution in [1.29, 1.82) is 0 Å². The van der Waals surface area contributed by atoms with Gasteiger partial charge < -0.3 is 20.5 Å². The number of amides is 1. The number of hydrogen-bond acceptors (Lipinski definition) is 8. The van der Waals surface area contributed by atoms with Crippen LogP contribution < -0.4 is 15.8 Å². The molecule has 3 atom stereocenters. The number of aromatic nitrogens is 2. The summed E-state index contributed by atoms with van der Waals surface area (Å²) in [4.78, 5) is 25.6. The third kappa shape index (κ3) is 4.29. The Kier molecular flexibility index (Phi) is 5.52. The number of rotatable bonds is 8. The lowest BCUT2D eigenvalue weighted by Crippen LogP contribution is -2.37. The number of hydrogen-bond donors (Lipinski definition) is 2. The third-order valence-electron chi connectivity index (χ3n) is 6.54. The zero-order valence-electron chi connectivity index (χ0n) is 18.5. The number of thioether (sulfide) groups is 1. The molecule has 174 valence electrons. The number of benzene rings is 1. The smallest absolute Gasteiger partial charge is 0.275 e. The second-order valence-electron chi connectivity index (χ2n) is 9.10. The number of nitrogens with two attached hydrogens (primary N) is 1. The Bertz CT molecular complexity index is 1110. The fourth-order valence-electron chi connectivity index (χ4n) is 4.51. The molecular weight excluding hydrogens is 445 g/mol. The molecule has 1 amide bonds. The zero-order valence-corrected chi connectivity index (χ0v) is 19.3. The van der Waals surface area contributed by atoms with Gasteiger partial charge in [-0.3, -0.25) is 9.79 Å². The molecule has 0 saturated heterocycles. The number of nitrogens with one attached hydrogen (secondary N) is 1. The largest absolute Gasteiger partial charge is 0.476 e. The first-order valence-corrected chi connectivity index (χ1v) is 11.7. The molecule has 33 heavy (non-hydrogen) atoms. The van der Waals surface area contributed by atoms with Crippen molar-refractivity contribution in [2.24, 2.45) is 22.6 Å². The molecule has 10 heteroatoms. The van der Waals surface area contributed by atoms with E-state index in [4.69, 9.17) is 15.2 Å². The first kappa shape index (κ1) is 22.1. The third-order valence-corrected chi connectivity index (χ3v) is 7.81. The van der Waals surface area contributed by atoms with Gasteiger partial charge in [0.2, 0.25) is 5.88 Å². The summed E-state index contributed by atoms with van der Waals surface area (Å²) in [7, 11) is 1.65. The van der Waals surface area contributed by atoms with Crippen molar-refractivity contribution in [3.63, 3.8) is 0 Å². The highest BCUT2D eigenvalue weighted by Crippen LogP contribution is 2.66. The van der Waals surface area contributed by atoms with Crippen molar-refractivity contribution >= 4 is 28.5 Å². The molecule has 1 aliphatic heterocycles. The minimum absolute atomic E-state index is 0.0803. The van der Waals surface area contributed by atoms with Crippen LogP contribution in [0.15, 0.2) is 35.6 Å². The van der Waals surface area contributed by atoms with Crippen LogP contribution in [0.3, 0.4) is 0 Å². The molecule has 2 saturated carbocycles. The Morgan fingerprint density at radius 3 is 2.85 bits per heavy atom. The normalized spacial score (nSPS) is 28.0. The molecule has 0 spiro atoms. The number of methoxy groups -OCH3 is 1. The first-order chi connectivity index (χ1) is 15.8. The van der Waals surface area contributed by atoms with E-state index in [1.807, 2.05) is 6.92 Å². The van der Waals surface area contributed by atoms with E-state index in [2.05, 4.69) is 20.3 Å². The van der Waals surface area contributed by atoms with Crippen LogP contribution in [-0.4, -0.2) is 46.1 Å². The standard InChI is InChI=1S/C23H26FN5O3S/c1-22(18-8-23(18,12-31-2)33-21(25)29-22)15-7-14(5-6-16(15)24)28-20(30)17-9-27-19(10-26-17)32-11-13-3-4-13/h5-7,9-10,13,18H,3-4,8,11-12H2,1-2H3,(H2,25,29)(H,28,30)/t18-,22+,23+/m0/s1. The Balaban J connectivity index is 1.33. The minimum Gasteiger partial charge on any atom is -0.476 e. The van der Waals surface area contributed by atoms with E-state index in [9.17, 15) is 9.18 Å². The van der Waals surface area contributed by atoms with Crippen molar-refractivity contribution in [2.45, 2.75) is 36.5 Å². The fraction of sp³-hybridized carbons (Fsp3) is 0.478. The van der Waals surface area contributed by atoms with E-state index < -0.39 is 17.3 Å². The lowest BCUT2D eigenvalue weighted by molar-refractivity contribution is 0.102. The van der Waals surface area contributed by atoms with Crippen LogP contribution in [-0.2, 0) is 10.3 Å². The quantitative estimate of drug-likeness (QED) is 0.607. The second kappa shape index (κ2) is 8.25. The molecule has 2 heterocycles. The monoisotopic (exact) mass is 471 g/mol. The average Bonchev–Trinajstić information content (AvgIpc) is 3.70.